The molecule has 174 valence electrons. The molecular formula is C24H26F2N4O2S. The fourth-order valence-corrected chi connectivity index (χ4v) is 5.00. The molecule has 1 unspecified atom stereocenters. The topological polar surface area (TPSA) is 75.3 Å². The molecule has 0 bridgehead atoms. The van der Waals surface area contributed by atoms with Crippen molar-refractivity contribution in [3.8, 4) is 10.6 Å². The Hall–Kier alpha value is -2.88. The zero-order valence-corrected chi connectivity index (χ0v) is 19.2. The minimum absolute atomic E-state index is 0.0660. The highest BCUT2D eigenvalue weighted by Crippen LogP contribution is 2.32. The number of methoxy groups -OCH3 is 1. The Bertz CT molecular complexity index is 1110. The molecule has 0 radical (unpaired) electrons. The number of nitrogens with zero attached hydrogens (tertiary/aromatic N) is 1. The van der Waals surface area contributed by atoms with Crippen LogP contribution in [0.3, 0.4) is 0 Å². The van der Waals surface area contributed by atoms with E-state index in [2.05, 4.69) is 20.9 Å². The van der Waals surface area contributed by atoms with Crippen molar-refractivity contribution in [1.29, 1.82) is 0 Å². The third-order valence-electron chi connectivity index (χ3n) is 5.82. The van der Waals surface area contributed by atoms with Crippen molar-refractivity contribution in [3.63, 3.8) is 0 Å². The highest BCUT2D eigenvalue weighted by atomic mass is 32.1. The molecule has 1 aliphatic heterocycles. The maximum Gasteiger partial charge on any atom is 0.320 e. The molecule has 0 saturated carbocycles. The molecular weight excluding hydrogens is 446 g/mol. The second-order valence-corrected chi connectivity index (χ2v) is 9.06. The minimum atomic E-state index is -0.900. The average molecular weight is 473 g/mol. The van der Waals surface area contributed by atoms with Crippen molar-refractivity contribution < 1.29 is 18.3 Å². The van der Waals surface area contributed by atoms with Crippen LogP contribution >= 0.6 is 11.3 Å². The van der Waals surface area contributed by atoms with Gasteiger partial charge in [0.2, 0.25) is 0 Å². The Morgan fingerprint density at radius 3 is 2.73 bits per heavy atom. The second-order valence-electron chi connectivity index (χ2n) is 8.06. The van der Waals surface area contributed by atoms with Crippen LogP contribution in [0, 0.1) is 24.5 Å². The van der Waals surface area contributed by atoms with Gasteiger partial charge < -0.3 is 15.4 Å². The molecule has 3 aromatic rings. The van der Waals surface area contributed by atoms with E-state index in [1.165, 1.54) is 17.4 Å². The number of aryl methyl sites for hydroxylation is 1. The van der Waals surface area contributed by atoms with Crippen molar-refractivity contribution >= 4 is 22.4 Å². The van der Waals surface area contributed by atoms with Crippen LogP contribution in [0.5, 0.6) is 0 Å². The standard InChI is InChI=1S/C24H26F2N4O2S/c1-14-22(33-23(28-14)15-6-4-3-5-7-15)30-24(31)29-20-13-27-12-17(20)11-21(32-2)16-8-9-18(25)19(26)10-16/h3-10,17,20-21,27H,11-13H2,1-2H3,(H2,29,30,31)/t17-,20-,21?/m1/s1. The van der Waals surface area contributed by atoms with Gasteiger partial charge in [0.1, 0.15) is 10.0 Å². The lowest BCUT2D eigenvalue weighted by Crippen LogP contribution is -2.43. The van der Waals surface area contributed by atoms with Crippen molar-refractivity contribution in [2.45, 2.75) is 25.5 Å². The number of rotatable bonds is 7. The predicted molar refractivity (Wildman–Crippen MR) is 125 cm³/mol. The zero-order valence-electron chi connectivity index (χ0n) is 18.4. The van der Waals surface area contributed by atoms with E-state index in [1.807, 2.05) is 37.3 Å². The number of anilines is 1. The highest BCUT2D eigenvalue weighted by molar-refractivity contribution is 7.19. The van der Waals surface area contributed by atoms with E-state index in [0.717, 1.165) is 28.4 Å². The SMILES string of the molecule is COC(C[C@@H]1CNC[C@H]1NC(=O)Nc1sc(-c2ccccc2)nc1C)c1ccc(F)c(F)c1. The molecule has 2 heterocycles. The smallest absolute Gasteiger partial charge is 0.320 e. The number of ether oxygens (including phenoxy) is 1. The summed E-state index contributed by atoms with van der Waals surface area (Å²) in [6, 6.07) is 13.2. The summed E-state index contributed by atoms with van der Waals surface area (Å²) in [5.41, 5.74) is 2.33. The maximum absolute atomic E-state index is 13.7. The molecule has 1 aromatic heterocycles. The molecule has 9 heteroatoms. The largest absolute Gasteiger partial charge is 0.377 e. The fraction of sp³-hybridized carbons (Fsp3) is 0.333. The summed E-state index contributed by atoms with van der Waals surface area (Å²) in [7, 11) is 1.54. The first kappa shape index (κ1) is 23.3. The van der Waals surface area contributed by atoms with Gasteiger partial charge in [0.05, 0.1) is 11.8 Å². The maximum atomic E-state index is 13.7. The van der Waals surface area contributed by atoms with E-state index in [9.17, 15) is 13.6 Å². The normalized spacial score (nSPS) is 18.8. The summed E-state index contributed by atoms with van der Waals surface area (Å²) in [5.74, 6) is -1.72. The number of halogens is 2. The van der Waals surface area contributed by atoms with Crippen molar-refractivity contribution in [2.24, 2.45) is 5.92 Å². The summed E-state index contributed by atoms with van der Waals surface area (Å²) in [6.07, 6.45) is 0.145. The number of amides is 2. The summed E-state index contributed by atoms with van der Waals surface area (Å²) >= 11 is 1.43. The van der Waals surface area contributed by atoms with Crippen LogP contribution in [0.25, 0.3) is 10.6 Å². The van der Waals surface area contributed by atoms with Crippen molar-refractivity contribution in [1.82, 2.24) is 15.6 Å². The molecule has 33 heavy (non-hydrogen) atoms. The number of thiazole rings is 1. The first-order valence-electron chi connectivity index (χ1n) is 10.7. The molecule has 1 aliphatic rings. The molecule has 3 atom stereocenters. The van der Waals surface area contributed by atoms with Crippen molar-refractivity contribution in [3.05, 3.63) is 71.4 Å². The van der Waals surface area contributed by atoms with Crippen LogP contribution in [0.1, 0.15) is 23.8 Å². The number of carbonyl (C=O) groups excluding carboxylic acids is 1. The lowest BCUT2D eigenvalue weighted by atomic mass is 9.93. The lowest BCUT2D eigenvalue weighted by Gasteiger charge is -2.24. The third kappa shape index (κ3) is 5.55. The summed E-state index contributed by atoms with van der Waals surface area (Å²) in [5, 5.41) is 10.8. The van der Waals surface area contributed by atoms with E-state index in [4.69, 9.17) is 4.74 Å². The number of urea groups is 1. The number of hydrogen-bond donors (Lipinski definition) is 3. The number of nitrogens with one attached hydrogen (secondary N) is 3. The summed E-state index contributed by atoms with van der Waals surface area (Å²) < 4.78 is 32.5. The zero-order chi connectivity index (χ0) is 23.4. The Balaban J connectivity index is 1.38. The molecule has 3 N–H and O–H groups in total. The van der Waals surface area contributed by atoms with Crippen LogP contribution in [0.4, 0.5) is 18.6 Å². The number of benzene rings is 2. The van der Waals surface area contributed by atoms with Gasteiger partial charge in [-0.3, -0.25) is 5.32 Å². The molecule has 1 fully saturated rings. The molecule has 6 nitrogen and oxygen atoms in total. The van der Waals surface area contributed by atoms with Gasteiger partial charge in [-0.15, -0.1) is 0 Å². The Labute approximate surface area is 195 Å². The van der Waals surface area contributed by atoms with Gasteiger partial charge in [-0.05, 0) is 37.0 Å². The molecule has 0 spiro atoms. The van der Waals surface area contributed by atoms with E-state index in [0.29, 0.717) is 30.1 Å². The van der Waals surface area contributed by atoms with Crippen LogP contribution < -0.4 is 16.0 Å². The van der Waals surface area contributed by atoms with Gasteiger partial charge in [0, 0.05) is 31.8 Å². The predicted octanol–water partition coefficient (Wildman–Crippen LogP) is 4.88. The van der Waals surface area contributed by atoms with Gasteiger partial charge in [0.25, 0.3) is 0 Å². The number of carbonyl (C=O) groups is 1. The van der Waals surface area contributed by atoms with E-state index in [1.54, 1.807) is 7.11 Å². The van der Waals surface area contributed by atoms with Crippen LogP contribution in [-0.2, 0) is 4.74 Å². The minimum Gasteiger partial charge on any atom is -0.377 e. The van der Waals surface area contributed by atoms with E-state index >= 15 is 0 Å². The summed E-state index contributed by atoms with van der Waals surface area (Å²) in [4.78, 5) is 17.3. The van der Waals surface area contributed by atoms with Gasteiger partial charge in [-0.1, -0.05) is 47.7 Å². The molecule has 2 aromatic carbocycles. The number of aromatic nitrogens is 1. The average Bonchev–Trinajstić information content (AvgIpc) is 3.40. The van der Waals surface area contributed by atoms with Crippen molar-refractivity contribution in [2.75, 3.05) is 25.5 Å². The number of hydrogen-bond acceptors (Lipinski definition) is 5. The summed E-state index contributed by atoms with van der Waals surface area (Å²) in [6.45, 7) is 3.17. The first-order valence-corrected chi connectivity index (χ1v) is 11.5. The molecule has 4 rings (SSSR count). The van der Waals surface area contributed by atoms with E-state index in [-0.39, 0.29) is 18.0 Å². The van der Waals surface area contributed by atoms with Gasteiger partial charge in [0.15, 0.2) is 11.6 Å². The van der Waals surface area contributed by atoms with E-state index < -0.39 is 17.7 Å². The van der Waals surface area contributed by atoms with Gasteiger partial charge in [-0.25, -0.2) is 18.6 Å². The van der Waals surface area contributed by atoms with Gasteiger partial charge in [-0.2, -0.15) is 0 Å². The molecule has 2 amide bonds. The first-order chi connectivity index (χ1) is 15.9. The van der Waals surface area contributed by atoms with Gasteiger partial charge >= 0.3 is 6.03 Å². The monoisotopic (exact) mass is 472 g/mol. The third-order valence-corrected chi connectivity index (χ3v) is 6.94. The molecule has 0 aliphatic carbocycles. The Kier molecular flexibility index (Phi) is 7.32. The Morgan fingerprint density at radius 2 is 2.00 bits per heavy atom. The molecule has 1 saturated heterocycles. The fourth-order valence-electron chi connectivity index (χ4n) is 4.03. The van der Waals surface area contributed by atoms with Crippen LogP contribution in [-0.4, -0.2) is 37.3 Å². The highest BCUT2D eigenvalue weighted by Gasteiger charge is 2.31. The Morgan fingerprint density at radius 1 is 1.21 bits per heavy atom. The van der Waals surface area contributed by atoms with Crippen LogP contribution in [0.15, 0.2) is 48.5 Å². The quantitative estimate of drug-likeness (QED) is 0.458. The van der Waals surface area contributed by atoms with Crippen LogP contribution in [0.2, 0.25) is 0 Å². The lowest BCUT2D eigenvalue weighted by molar-refractivity contribution is 0.0788. The second kappa shape index (κ2) is 10.4.